The lowest BCUT2D eigenvalue weighted by molar-refractivity contribution is -0.124. The zero-order valence-corrected chi connectivity index (χ0v) is 18.3. The van der Waals surface area contributed by atoms with E-state index in [2.05, 4.69) is 6.07 Å². The van der Waals surface area contributed by atoms with Crippen LogP contribution in [0.3, 0.4) is 0 Å². The van der Waals surface area contributed by atoms with E-state index in [9.17, 15) is 19.2 Å². The Morgan fingerprint density at radius 1 is 1.12 bits per heavy atom. The molecule has 33 heavy (non-hydrogen) atoms. The highest BCUT2D eigenvalue weighted by Gasteiger charge is 2.62. The summed E-state index contributed by atoms with van der Waals surface area (Å²) in [5, 5.41) is 10.4. The number of hydrogen-bond donors (Lipinski definition) is 1. The highest BCUT2D eigenvalue weighted by atomic mass is 19.1. The van der Waals surface area contributed by atoms with Gasteiger partial charge >= 0.3 is 0 Å². The molecule has 7 heteroatoms. The number of ketones is 1. The lowest BCUT2D eigenvalue weighted by Gasteiger charge is -2.43. The van der Waals surface area contributed by atoms with Crippen molar-refractivity contribution in [3.8, 4) is 6.07 Å². The van der Waals surface area contributed by atoms with Gasteiger partial charge in [0.25, 0.3) is 0 Å². The lowest BCUT2D eigenvalue weighted by Crippen LogP contribution is -2.52. The topological polar surface area (TPSA) is 90.4 Å². The van der Waals surface area contributed by atoms with Gasteiger partial charge in [0.05, 0.1) is 5.57 Å². The molecule has 2 aliphatic heterocycles. The van der Waals surface area contributed by atoms with E-state index in [-0.39, 0.29) is 23.1 Å². The second-order valence-corrected chi connectivity index (χ2v) is 8.51. The van der Waals surface area contributed by atoms with Crippen molar-refractivity contribution in [2.45, 2.75) is 38.0 Å². The maximum atomic E-state index is 14.2. The Hall–Kier alpha value is -3.92. The molecule has 1 aliphatic carbocycles. The quantitative estimate of drug-likeness (QED) is 0.775. The Morgan fingerprint density at radius 2 is 1.85 bits per heavy atom. The lowest BCUT2D eigenvalue weighted by atomic mass is 9.64. The summed E-state index contributed by atoms with van der Waals surface area (Å²) in [7, 11) is 0. The van der Waals surface area contributed by atoms with Gasteiger partial charge in [0.15, 0.2) is 5.78 Å². The summed E-state index contributed by atoms with van der Waals surface area (Å²) in [6.07, 6.45) is 2.14. The Labute approximate surface area is 191 Å². The minimum atomic E-state index is -1.56. The second-order valence-electron chi connectivity index (χ2n) is 8.51. The monoisotopic (exact) mass is 442 g/mol. The van der Waals surface area contributed by atoms with Gasteiger partial charge in [-0.25, -0.2) is 4.39 Å². The van der Waals surface area contributed by atoms with Crippen LogP contribution >= 0.6 is 0 Å². The molecule has 1 spiro atoms. The third-order valence-corrected chi connectivity index (χ3v) is 6.71. The van der Waals surface area contributed by atoms with E-state index in [4.69, 9.17) is 5.73 Å². The first kappa shape index (κ1) is 21.0. The van der Waals surface area contributed by atoms with Crippen LogP contribution in [0.15, 0.2) is 71.2 Å². The number of allylic oxidation sites excluding steroid dienone is 1. The molecule has 0 fully saturated rings. The van der Waals surface area contributed by atoms with Gasteiger partial charge in [0.2, 0.25) is 5.91 Å². The van der Waals surface area contributed by atoms with Gasteiger partial charge in [0.1, 0.15) is 23.1 Å². The number of hydrogen-bond acceptors (Lipinski definition) is 5. The van der Waals surface area contributed by atoms with Crippen molar-refractivity contribution in [1.29, 1.82) is 5.26 Å². The third kappa shape index (κ3) is 2.70. The molecule has 6 nitrogen and oxygen atoms in total. The molecule has 2 aromatic carbocycles. The largest absolute Gasteiger partial charge is 0.384 e. The van der Waals surface area contributed by atoms with Gasteiger partial charge in [-0.15, -0.1) is 0 Å². The summed E-state index contributed by atoms with van der Waals surface area (Å²) in [5.41, 5.74) is 7.89. The summed E-state index contributed by atoms with van der Waals surface area (Å²) in [4.78, 5) is 31.0. The fourth-order valence-electron chi connectivity index (χ4n) is 5.46. The minimum Gasteiger partial charge on any atom is -0.384 e. The number of carbonyl (C=O) groups excluding carboxylic acids is 2. The Kier molecular flexibility index (Phi) is 4.82. The zero-order chi connectivity index (χ0) is 23.3. The normalized spacial score (nSPS) is 22.1. The second kappa shape index (κ2) is 7.59. The molecule has 0 bridgehead atoms. The van der Waals surface area contributed by atoms with Crippen molar-refractivity contribution in [3.63, 3.8) is 0 Å². The first-order valence-electron chi connectivity index (χ1n) is 11.1. The third-order valence-electron chi connectivity index (χ3n) is 6.71. The van der Waals surface area contributed by atoms with Gasteiger partial charge < -0.3 is 10.6 Å². The predicted octanol–water partition coefficient (Wildman–Crippen LogP) is 4.04. The number of amides is 1. The standard InChI is InChI=1S/C26H23FN4O2/c1-2-14-30-20-7-4-3-6-18(20)26(25(30)33)19(15-28)24(29)31(17-12-10-16(27)11-13-17)21-8-5-9-22(32)23(21)26/h3-4,6-7,10-13H,2,5,8-9,14,29H2,1H3/t26-/m1/s1. The van der Waals surface area contributed by atoms with E-state index in [1.165, 1.54) is 12.1 Å². The summed E-state index contributed by atoms with van der Waals surface area (Å²) in [5.74, 6) is -0.782. The summed E-state index contributed by atoms with van der Waals surface area (Å²) in [6.45, 7) is 2.44. The molecule has 166 valence electrons. The van der Waals surface area contributed by atoms with Crippen molar-refractivity contribution in [1.82, 2.24) is 0 Å². The minimum absolute atomic E-state index is 0.0388. The van der Waals surface area contributed by atoms with Crippen molar-refractivity contribution in [3.05, 3.63) is 82.6 Å². The molecular formula is C26H23FN4O2. The SMILES string of the molecule is CCCN1C(=O)[C@@]2(C(C#N)=C(N)N(c3ccc(F)cc3)C3=C2C(=O)CCC3)c2ccccc21. The molecule has 2 heterocycles. The van der Waals surface area contributed by atoms with E-state index in [0.717, 1.165) is 6.42 Å². The van der Waals surface area contributed by atoms with Crippen molar-refractivity contribution in [2.75, 3.05) is 16.3 Å². The van der Waals surface area contributed by atoms with Gasteiger partial charge in [-0.05, 0) is 49.6 Å². The molecule has 0 aromatic heterocycles. The van der Waals surface area contributed by atoms with E-state index in [0.29, 0.717) is 54.0 Å². The van der Waals surface area contributed by atoms with Crippen LogP contribution in [-0.4, -0.2) is 18.2 Å². The van der Waals surface area contributed by atoms with Crippen LogP contribution in [0.25, 0.3) is 0 Å². The van der Waals surface area contributed by atoms with Gasteiger partial charge in [-0.1, -0.05) is 25.1 Å². The highest BCUT2D eigenvalue weighted by Crippen LogP contribution is 2.56. The number of rotatable bonds is 3. The predicted molar refractivity (Wildman–Crippen MR) is 122 cm³/mol. The Bertz CT molecular complexity index is 1290. The molecule has 1 atom stereocenters. The fourth-order valence-corrected chi connectivity index (χ4v) is 5.46. The van der Waals surface area contributed by atoms with Crippen molar-refractivity contribution < 1.29 is 14.0 Å². The molecule has 0 unspecified atom stereocenters. The number of nitrogens with two attached hydrogens (primary N) is 1. The average molecular weight is 442 g/mol. The number of Topliss-reactive ketones (excluding diaryl/α,β-unsaturated/α-hetero) is 1. The van der Waals surface area contributed by atoms with Crippen LogP contribution in [0.1, 0.15) is 38.2 Å². The van der Waals surface area contributed by atoms with E-state index in [1.807, 2.05) is 31.2 Å². The van der Waals surface area contributed by atoms with Crippen molar-refractivity contribution in [2.24, 2.45) is 5.73 Å². The van der Waals surface area contributed by atoms with Crippen LogP contribution in [0.5, 0.6) is 0 Å². The number of anilines is 2. The molecule has 0 saturated carbocycles. The molecule has 0 radical (unpaired) electrons. The highest BCUT2D eigenvalue weighted by molar-refractivity contribution is 6.20. The average Bonchev–Trinajstić information content (AvgIpc) is 3.05. The van der Waals surface area contributed by atoms with Crippen LogP contribution in [0, 0.1) is 17.1 Å². The first-order chi connectivity index (χ1) is 16.0. The van der Waals surface area contributed by atoms with Crippen molar-refractivity contribution >= 4 is 23.1 Å². The maximum absolute atomic E-state index is 14.2. The number of carbonyl (C=O) groups is 2. The number of halogens is 1. The van der Waals surface area contributed by atoms with Crippen LogP contribution < -0.4 is 15.5 Å². The Morgan fingerprint density at radius 3 is 2.55 bits per heavy atom. The molecule has 0 saturated heterocycles. The zero-order valence-electron chi connectivity index (χ0n) is 18.3. The molecular weight excluding hydrogens is 419 g/mol. The molecule has 5 rings (SSSR count). The smallest absolute Gasteiger partial charge is 0.247 e. The number of benzene rings is 2. The van der Waals surface area contributed by atoms with E-state index in [1.54, 1.807) is 21.9 Å². The molecule has 3 aliphatic rings. The molecule has 2 aromatic rings. The number of nitrogens with zero attached hydrogens (tertiary/aromatic N) is 3. The fraction of sp³-hybridized carbons (Fsp3) is 0.269. The summed E-state index contributed by atoms with van der Waals surface area (Å²) < 4.78 is 13.6. The van der Waals surface area contributed by atoms with Gasteiger partial charge in [0, 0.05) is 41.2 Å². The van der Waals surface area contributed by atoms with Crippen LogP contribution in [0.4, 0.5) is 15.8 Å². The summed E-state index contributed by atoms with van der Waals surface area (Å²) in [6, 6.07) is 15.3. The number of fused-ring (bicyclic) bond motifs is 3. The summed E-state index contributed by atoms with van der Waals surface area (Å²) >= 11 is 0. The first-order valence-corrected chi connectivity index (χ1v) is 11.1. The van der Waals surface area contributed by atoms with Gasteiger partial charge in [-0.2, -0.15) is 5.26 Å². The van der Waals surface area contributed by atoms with Gasteiger partial charge in [-0.3, -0.25) is 14.5 Å². The number of para-hydroxylation sites is 1. The van der Waals surface area contributed by atoms with Crippen LogP contribution in [0.2, 0.25) is 0 Å². The molecule has 1 amide bonds. The number of nitriles is 1. The maximum Gasteiger partial charge on any atom is 0.247 e. The Balaban J connectivity index is 1.87. The van der Waals surface area contributed by atoms with E-state index < -0.39 is 11.2 Å². The molecule has 2 N–H and O–H groups in total. The van der Waals surface area contributed by atoms with E-state index >= 15 is 0 Å². The van der Waals surface area contributed by atoms with Crippen LogP contribution in [-0.2, 0) is 15.0 Å².